The molecule has 32 heavy (non-hydrogen) atoms. The Kier molecular flexibility index (Phi) is 5.67. The summed E-state index contributed by atoms with van der Waals surface area (Å²) < 4.78 is 58.2. The van der Waals surface area contributed by atoms with E-state index in [1.165, 1.54) is 33.5 Å². The van der Waals surface area contributed by atoms with E-state index >= 15 is 0 Å². The maximum absolute atomic E-state index is 13.1. The third-order valence-electron chi connectivity index (χ3n) is 5.84. The second kappa shape index (κ2) is 8.17. The minimum Gasteiger partial charge on any atom is -0.435 e. The molecule has 1 aromatic heterocycles. The summed E-state index contributed by atoms with van der Waals surface area (Å²) in [6.07, 6.45) is 0.428. The number of rotatable bonds is 6. The van der Waals surface area contributed by atoms with Crippen molar-refractivity contribution >= 4 is 16.1 Å². The number of aromatic nitrogens is 2. The molecule has 2 aromatic rings. The predicted octanol–water partition coefficient (Wildman–Crippen LogP) is 1.64. The van der Waals surface area contributed by atoms with Crippen molar-refractivity contribution in [2.45, 2.75) is 30.9 Å². The molecule has 3 heterocycles. The van der Waals surface area contributed by atoms with Crippen molar-refractivity contribution in [1.82, 2.24) is 19.0 Å². The summed E-state index contributed by atoms with van der Waals surface area (Å²) in [6, 6.07) is 5.83. The lowest BCUT2D eigenvalue weighted by Gasteiger charge is -2.28. The number of urea groups is 1. The topological polar surface area (TPSA) is 111 Å². The number of halogens is 2. The summed E-state index contributed by atoms with van der Waals surface area (Å²) in [4.78, 5) is 13.5. The fourth-order valence-electron chi connectivity index (χ4n) is 4.18. The van der Waals surface area contributed by atoms with Crippen LogP contribution in [0.25, 0.3) is 0 Å². The lowest BCUT2D eigenvalue weighted by Crippen LogP contribution is -2.45. The first kappa shape index (κ1) is 22.2. The van der Waals surface area contributed by atoms with Crippen molar-refractivity contribution in [3.63, 3.8) is 0 Å². The second-order valence-electron chi connectivity index (χ2n) is 7.84. The van der Waals surface area contributed by atoms with Crippen LogP contribution in [0.5, 0.6) is 5.75 Å². The Hall–Kier alpha value is -2.99. The van der Waals surface area contributed by atoms with Crippen LogP contribution < -0.4 is 10.5 Å². The maximum Gasteiger partial charge on any atom is 0.387 e. The van der Waals surface area contributed by atoms with E-state index in [9.17, 15) is 22.0 Å². The van der Waals surface area contributed by atoms with Gasteiger partial charge in [-0.15, -0.1) is 0 Å². The number of nitrogens with zero attached hydrogens (tertiary/aromatic N) is 4. The minimum absolute atomic E-state index is 0.0241. The van der Waals surface area contributed by atoms with Gasteiger partial charge in [0.2, 0.25) is 10.0 Å². The Morgan fingerprint density at radius 1 is 1.25 bits per heavy atom. The third kappa shape index (κ3) is 4.07. The monoisotopic (exact) mass is 467 g/mol. The molecule has 2 N–H and O–H groups in total. The molecule has 0 fully saturated rings. The minimum atomic E-state index is -3.87. The lowest BCUT2D eigenvalue weighted by molar-refractivity contribution is -0.0498. The molecule has 2 amide bonds. The molecule has 12 heteroatoms. The normalized spacial score (nSPS) is 19.2. The first-order valence-corrected chi connectivity index (χ1v) is 11.3. The summed E-state index contributed by atoms with van der Waals surface area (Å²) in [5, 5.41) is 4.44. The highest BCUT2D eigenvalue weighted by molar-refractivity contribution is 7.89. The van der Waals surface area contributed by atoms with E-state index in [4.69, 9.17) is 5.73 Å². The lowest BCUT2D eigenvalue weighted by atomic mass is 10.0. The molecule has 172 valence electrons. The predicted molar refractivity (Wildman–Crippen MR) is 111 cm³/mol. The third-order valence-corrected chi connectivity index (χ3v) is 7.65. The molecule has 0 aliphatic carbocycles. The van der Waals surface area contributed by atoms with Crippen molar-refractivity contribution in [2.75, 3.05) is 19.6 Å². The molecule has 0 saturated heterocycles. The van der Waals surface area contributed by atoms with Crippen LogP contribution in [0.4, 0.5) is 13.6 Å². The van der Waals surface area contributed by atoms with Gasteiger partial charge in [-0.3, -0.25) is 4.68 Å². The fraction of sp³-hybridized carbons (Fsp3) is 0.400. The molecule has 1 atom stereocenters. The zero-order chi connectivity index (χ0) is 23.2. The largest absolute Gasteiger partial charge is 0.435 e. The SMILES string of the molecule is Cc1cc(CC2C3=C(CN2C(N)=O)CN(S(=O)(=O)c2ccc(OC(F)F)cc2)C3)nn1C. The number of aryl methyl sites for hydroxylation is 2. The van der Waals surface area contributed by atoms with E-state index in [0.29, 0.717) is 6.42 Å². The summed E-state index contributed by atoms with van der Waals surface area (Å²) in [5.74, 6) is -0.121. The molecule has 0 radical (unpaired) electrons. The molecule has 0 spiro atoms. The number of primary amides is 1. The van der Waals surface area contributed by atoms with Crippen molar-refractivity contribution < 1.29 is 26.7 Å². The fourth-order valence-corrected chi connectivity index (χ4v) is 5.59. The van der Waals surface area contributed by atoms with Gasteiger partial charge in [-0.05, 0) is 48.4 Å². The maximum atomic E-state index is 13.1. The standard InChI is InChI=1S/C20H23F2N5O4S/c1-12-7-14(24-25(12)2)8-18-17-11-26(9-13(17)10-27(18)20(23)28)32(29,30)16-5-3-15(4-6-16)31-19(21)22/h3-7,18-19H,8-11H2,1-2H3,(H2,23,28). The first-order valence-electron chi connectivity index (χ1n) is 9.87. The van der Waals surface area contributed by atoms with Crippen LogP contribution in [0.15, 0.2) is 46.4 Å². The van der Waals surface area contributed by atoms with Crippen LogP contribution in [0.3, 0.4) is 0 Å². The second-order valence-corrected chi connectivity index (χ2v) is 9.78. The van der Waals surface area contributed by atoms with Crippen LogP contribution in [-0.4, -0.2) is 65.7 Å². The average molecular weight is 467 g/mol. The van der Waals surface area contributed by atoms with E-state index in [1.807, 2.05) is 20.0 Å². The van der Waals surface area contributed by atoms with Gasteiger partial charge in [0.15, 0.2) is 0 Å². The number of carbonyl (C=O) groups excluding carboxylic acids is 1. The van der Waals surface area contributed by atoms with Gasteiger partial charge in [0.1, 0.15) is 5.75 Å². The number of hydrogen-bond donors (Lipinski definition) is 1. The van der Waals surface area contributed by atoms with Gasteiger partial charge in [-0.25, -0.2) is 13.2 Å². The number of carbonyl (C=O) groups is 1. The van der Waals surface area contributed by atoms with Crippen molar-refractivity contribution in [3.8, 4) is 5.75 Å². The number of hydrogen-bond acceptors (Lipinski definition) is 5. The number of amides is 2. The Morgan fingerprint density at radius 3 is 2.50 bits per heavy atom. The van der Waals surface area contributed by atoms with Crippen molar-refractivity contribution in [2.24, 2.45) is 12.8 Å². The molecule has 1 aromatic carbocycles. The van der Waals surface area contributed by atoms with E-state index in [0.717, 1.165) is 22.5 Å². The molecule has 2 aliphatic heterocycles. The first-order chi connectivity index (χ1) is 15.1. The Labute approximate surface area is 184 Å². The molecular weight excluding hydrogens is 444 g/mol. The van der Waals surface area contributed by atoms with Gasteiger partial charge in [0.05, 0.1) is 16.6 Å². The highest BCUT2D eigenvalue weighted by atomic mass is 32.2. The molecular formula is C20H23F2N5O4S. The van der Waals surface area contributed by atoms with Gasteiger partial charge in [0.25, 0.3) is 0 Å². The van der Waals surface area contributed by atoms with E-state index in [1.54, 1.807) is 4.68 Å². The van der Waals surface area contributed by atoms with Gasteiger partial charge < -0.3 is 15.4 Å². The Morgan fingerprint density at radius 2 is 1.94 bits per heavy atom. The number of alkyl halides is 2. The van der Waals surface area contributed by atoms with Crippen LogP contribution in [0.2, 0.25) is 0 Å². The van der Waals surface area contributed by atoms with E-state index < -0.39 is 22.7 Å². The van der Waals surface area contributed by atoms with E-state index in [2.05, 4.69) is 9.84 Å². The molecule has 0 saturated carbocycles. The Balaban J connectivity index is 1.54. The van der Waals surface area contributed by atoms with Gasteiger partial charge >= 0.3 is 12.6 Å². The van der Waals surface area contributed by atoms with Crippen molar-refractivity contribution in [3.05, 3.63) is 52.9 Å². The van der Waals surface area contributed by atoms with Crippen LogP contribution >= 0.6 is 0 Å². The summed E-state index contributed by atoms with van der Waals surface area (Å²) in [6.45, 7) is -0.560. The zero-order valence-electron chi connectivity index (χ0n) is 17.5. The van der Waals surface area contributed by atoms with Crippen LogP contribution in [0, 0.1) is 6.92 Å². The molecule has 0 bridgehead atoms. The molecule has 9 nitrogen and oxygen atoms in total. The summed E-state index contributed by atoms with van der Waals surface area (Å²) in [7, 11) is -2.04. The van der Waals surface area contributed by atoms with Gasteiger partial charge in [-0.1, -0.05) is 0 Å². The van der Waals surface area contributed by atoms with Gasteiger partial charge in [0, 0.05) is 38.8 Å². The number of ether oxygens (including phenoxy) is 1. The quantitative estimate of drug-likeness (QED) is 0.650. The molecule has 4 rings (SSSR count). The number of nitrogens with two attached hydrogens (primary N) is 1. The van der Waals surface area contributed by atoms with Gasteiger partial charge in [-0.2, -0.15) is 18.2 Å². The zero-order valence-corrected chi connectivity index (χ0v) is 18.3. The highest BCUT2D eigenvalue weighted by Gasteiger charge is 2.43. The Bertz CT molecular complexity index is 1160. The summed E-state index contributed by atoms with van der Waals surface area (Å²) in [5.41, 5.74) is 9.00. The van der Waals surface area contributed by atoms with E-state index in [-0.39, 0.29) is 36.3 Å². The summed E-state index contributed by atoms with van der Waals surface area (Å²) >= 11 is 0. The number of sulfonamides is 1. The molecule has 2 aliphatic rings. The smallest absolute Gasteiger partial charge is 0.387 e. The van der Waals surface area contributed by atoms with Crippen LogP contribution in [0.1, 0.15) is 11.4 Å². The average Bonchev–Trinajstić information content (AvgIpc) is 3.36. The van der Waals surface area contributed by atoms with Crippen molar-refractivity contribution in [1.29, 1.82) is 0 Å². The van der Waals surface area contributed by atoms with Crippen LogP contribution in [-0.2, 0) is 23.5 Å². The highest BCUT2D eigenvalue weighted by Crippen LogP contribution is 2.35. The molecule has 1 unspecified atom stereocenters. The number of benzene rings is 1.